The first kappa shape index (κ1) is 18.9. The molecule has 0 bridgehead atoms. The topological polar surface area (TPSA) is 49.3 Å². The van der Waals surface area contributed by atoms with Crippen LogP contribution in [0.1, 0.15) is 21.1 Å². The van der Waals surface area contributed by atoms with E-state index in [9.17, 15) is 0 Å². The van der Waals surface area contributed by atoms with Gasteiger partial charge in [0.15, 0.2) is 5.96 Å². The van der Waals surface area contributed by atoms with Crippen molar-refractivity contribution in [2.24, 2.45) is 4.99 Å². The van der Waals surface area contributed by atoms with Crippen LogP contribution in [0.25, 0.3) is 0 Å². The zero-order valence-electron chi connectivity index (χ0n) is 13.2. The van der Waals surface area contributed by atoms with Gasteiger partial charge in [-0.15, -0.1) is 35.3 Å². The molecule has 6 heteroatoms. The summed E-state index contributed by atoms with van der Waals surface area (Å²) in [5, 5.41) is 7.78. The standard InChI is InChI=1S/C16H22N4S.HI/c1-12-15(21-13(2)20-12)11-19-16(17-3)18-10-9-14-7-5-4-6-8-14;/h4-8H,9-11H2,1-3H3,(H2,17,18,19);1H. The van der Waals surface area contributed by atoms with Gasteiger partial charge in [-0.1, -0.05) is 30.3 Å². The quantitative estimate of drug-likeness (QED) is 0.435. The largest absolute Gasteiger partial charge is 0.356 e. The second-order valence-electron chi connectivity index (χ2n) is 4.83. The first-order valence-corrected chi connectivity index (χ1v) is 7.92. The van der Waals surface area contributed by atoms with E-state index in [1.165, 1.54) is 10.4 Å². The maximum Gasteiger partial charge on any atom is 0.191 e. The van der Waals surface area contributed by atoms with Crippen LogP contribution < -0.4 is 10.6 Å². The molecule has 0 unspecified atom stereocenters. The molecule has 0 amide bonds. The SMILES string of the molecule is CN=C(NCCc1ccccc1)NCc1sc(C)nc1C.I. The lowest BCUT2D eigenvalue weighted by Crippen LogP contribution is -2.37. The maximum atomic E-state index is 4.43. The summed E-state index contributed by atoms with van der Waals surface area (Å²) in [5.41, 5.74) is 2.43. The Hall–Kier alpha value is -1.15. The van der Waals surface area contributed by atoms with Crippen LogP contribution in [0.15, 0.2) is 35.3 Å². The van der Waals surface area contributed by atoms with Gasteiger partial charge in [-0.2, -0.15) is 0 Å². The van der Waals surface area contributed by atoms with Crippen molar-refractivity contribution < 1.29 is 0 Å². The van der Waals surface area contributed by atoms with Gasteiger partial charge in [-0.25, -0.2) is 4.98 Å². The predicted molar refractivity (Wildman–Crippen MR) is 105 cm³/mol. The number of guanidine groups is 1. The Labute approximate surface area is 153 Å². The van der Waals surface area contributed by atoms with Crippen molar-refractivity contribution in [1.82, 2.24) is 15.6 Å². The number of aliphatic imine (C=N–C) groups is 1. The van der Waals surface area contributed by atoms with Gasteiger partial charge in [-0.3, -0.25) is 4.99 Å². The molecule has 0 saturated heterocycles. The molecule has 0 saturated carbocycles. The monoisotopic (exact) mass is 430 g/mol. The number of thiazole rings is 1. The predicted octanol–water partition coefficient (Wildman–Crippen LogP) is 3.29. The lowest BCUT2D eigenvalue weighted by molar-refractivity contribution is 0.796. The summed E-state index contributed by atoms with van der Waals surface area (Å²) < 4.78 is 0. The van der Waals surface area contributed by atoms with Crippen molar-refractivity contribution in [2.45, 2.75) is 26.8 Å². The fourth-order valence-electron chi connectivity index (χ4n) is 2.09. The highest BCUT2D eigenvalue weighted by Gasteiger charge is 2.05. The Morgan fingerprint density at radius 1 is 1.18 bits per heavy atom. The molecule has 0 fully saturated rings. The highest BCUT2D eigenvalue weighted by molar-refractivity contribution is 14.0. The third-order valence-electron chi connectivity index (χ3n) is 3.19. The minimum atomic E-state index is 0. The van der Waals surface area contributed by atoms with Crippen LogP contribution in [-0.4, -0.2) is 24.5 Å². The number of rotatable bonds is 5. The average Bonchev–Trinajstić information content (AvgIpc) is 2.81. The molecule has 1 heterocycles. The molecule has 4 nitrogen and oxygen atoms in total. The molecule has 0 spiro atoms. The fraction of sp³-hybridized carbons (Fsp3) is 0.375. The number of nitrogens with zero attached hydrogens (tertiary/aromatic N) is 2. The summed E-state index contributed by atoms with van der Waals surface area (Å²) in [5.74, 6) is 0.830. The van der Waals surface area contributed by atoms with Gasteiger partial charge in [-0.05, 0) is 25.8 Å². The first-order chi connectivity index (χ1) is 10.2. The van der Waals surface area contributed by atoms with E-state index >= 15 is 0 Å². The second-order valence-corrected chi connectivity index (χ2v) is 6.12. The van der Waals surface area contributed by atoms with Gasteiger partial charge < -0.3 is 10.6 Å². The minimum Gasteiger partial charge on any atom is -0.356 e. The van der Waals surface area contributed by atoms with Crippen molar-refractivity contribution in [3.8, 4) is 0 Å². The third kappa shape index (κ3) is 5.92. The highest BCUT2D eigenvalue weighted by Crippen LogP contribution is 2.16. The summed E-state index contributed by atoms with van der Waals surface area (Å²) in [7, 11) is 1.79. The van der Waals surface area contributed by atoms with Crippen LogP contribution >= 0.6 is 35.3 Å². The summed E-state index contributed by atoms with van der Waals surface area (Å²) in [4.78, 5) is 9.95. The van der Waals surface area contributed by atoms with E-state index in [1.807, 2.05) is 19.9 Å². The number of nitrogens with one attached hydrogen (secondary N) is 2. The first-order valence-electron chi connectivity index (χ1n) is 7.10. The Kier molecular flexibility index (Phi) is 8.40. The molecule has 120 valence electrons. The molecule has 22 heavy (non-hydrogen) atoms. The average molecular weight is 430 g/mol. The van der Waals surface area contributed by atoms with Gasteiger partial charge in [0.1, 0.15) is 0 Å². The number of hydrogen-bond acceptors (Lipinski definition) is 3. The van der Waals surface area contributed by atoms with Gasteiger partial charge in [0.05, 0.1) is 17.2 Å². The summed E-state index contributed by atoms with van der Waals surface area (Å²) in [6.45, 7) is 5.72. The van der Waals surface area contributed by atoms with Gasteiger partial charge >= 0.3 is 0 Å². The van der Waals surface area contributed by atoms with Crippen molar-refractivity contribution in [3.63, 3.8) is 0 Å². The molecular weight excluding hydrogens is 407 g/mol. The zero-order chi connectivity index (χ0) is 15.1. The molecule has 0 aliphatic rings. The second kappa shape index (κ2) is 9.78. The van der Waals surface area contributed by atoms with E-state index in [4.69, 9.17) is 0 Å². The van der Waals surface area contributed by atoms with E-state index in [-0.39, 0.29) is 24.0 Å². The van der Waals surface area contributed by atoms with E-state index < -0.39 is 0 Å². The number of benzene rings is 1. The molecule has 0 radical (unpaired) electrons. The van der Waals surface area contributed by atoms with E-state index in [0.717, 1.165) is 36.2 Å². The molecule has 1 aromatic heterocycles. The van der Waals surface area contributed by atoms with Crippen molar-refractivity contribution >= 4 is 41.3 Å². The van der Waals surface area contributed by atoms with E-state index in [0.29, 0.717) is 0 Å². The summed E-state index contributed by atoms with van der Waals surface area (Å²) in [6.07, 6.45) is 0.986. The summed E-state index contributed by atoms with van der Waals surface area (Å²) in [6, 6.07) is 10.5. The molecule has 0 atom stereocenters. The van der Waals surface area contributed by atoms with Crippen LogP contribution in [0.4, 0.5) is 0 Å². The number of aryl methyl sites for hydroxylation is 2. The Morgan fingerprint density at radius 3 is 2.50 bits per heavy atom. The lowest BCUT2D eigenvalue weighted by atomic mass is 10.1. The molecule has 2 rings (SSSR count). The summed E-state index contributed by atoms with van der Waals surface area (Å²) >= 11 is 1.73. The van der Waals surface area contributed by atoms with Gasteiger partial charge in [0.25, 0.3) is 0 Å². The smallest absolute Gasteiger partial charge is 0.191 e. The van der Waals surface area contributed by atoms with Crippen LogP contribution in [0.2, 0.25) is 0 Å². The van der Waals surface area contributed by atoms with E-state index in [1.54, 1.807) is 18.4 Å². The Morgan fingerprint density at radius 2 is 1.91 bits per heavy atom. The molecule has 0 aliphatic carbocycles. The van der Waals surface area contributed by atoms with Crippen LogP contribution in [0.3, 0.4) is 0 Å². The van der Waals surface area contributed by atoms with Gasteiger partial charge in [0, 0.05) is 18.5 Å². The van der Waals surface area contributed by atoms with E-state index in [2.05, 4.69) is 44.9 Å². The normalized spacial score (nSPS) is 11.0. The minimum absolute atomic E-state index is 0. The number of halogens is 1. The van der Waals surface area contributed by atoms with Crippen LogP contribution in [-0.2, 0) is 13.0 Å². The fourth-order valence-corrected chi connectivity index (χ4v) is 2.97. The van der Waals surface area contributed by atoms with Crippen molar-refractivity contribution in [1.29, 1.82) is 0 Å². The lowest BCUT2D eigenvalue weighted by Gasteiger charge is -2.11. The molecule has 1 aromatic carbocycles. The molecular formula is C16H23IN4S. The van der Waals surface area contributed by atoms with Gasteiger partial charge in [0.2, 0.25) is 0 Å². The zero-order valence-corrected chi connectivity index (χ0v) is 16.4. The third-order valence-corrected chi connectivity index (χ3v) is 4.26. The highest BCUT2D eigenvalue weighted by atomic mass is 127. The van der Waals surface area contributed by atoms with Crippen molar-refractivity contribution in [2.75, 3.05) is 13.6 Å². The Balaban J connectivity index is 0.00000242. The van der Waals surface area contributed by atoms with Crippen LogP contribution in [0.5, 0.6) is 0 Å². The Bertz CT molecular complexity index is 595. The molecule has 0 aliphatic heterocycles. The van der Waals surface area contributed by atoms with Crippen LogP contribution in [0, 0.1) is 13.8 Å². The molecule has 2 N–H and O–H groups in total. The number of aromatic nitrogens is 1. The number of hydrogen-bond donors (Lipinski definition) is 2. The van der Waals surface area contributed by atoms with Crippen molar-refractivity contribution in [3.05, 3.63) is 51.5 Å². The molecule has 2 aromatic rings. The maximum absolute atomic E-state index is 4.43.